The SMILES string of the molecule is CCC(C)C(NC(=O)C(N)C(C)O)C(=O)NC(Cc1cnc[nH]1)C(=O)NC(C(=O)NC(CC(=O)O)C(=O)NC(CC(N)=O)C(=O)NCC(=O)NC(CO)C(=O)NC(CC(N)=O)C(=O)O)C(C)O. The number of amides is 10. The number of hydrogen-bond donors (Lipinski definition) is 17. The first kappa shape index (κ1) is 57.7. The Morgan fingerprint density at radius 3 is 1.61 bits per heavy atom. The molecule has 30 heteroatoms. The van der Waals surface area contributed by atoms with E-state index in [1.807, 2.05) is 26.6 Å². The number of aromatic amines is 1. The number of carboxylic acids is 2. The van der Waals surface area contributed by atoms with Crippen molar-refractivity contribution in [2.45, 2.75) is 120 Å². The van der Waals surface area contributed by atoms with Gasteiger partial charge in [-0.3, -0.25) is 52.7 Å². The van der Waals surface area contributed by atoms with Gasteiger partial charge in [0.15, 0.2) is 0 Å². The summed E-state index contributed by atoms with van der Waals surface area (Å²) in [6, 6.07) is -14.0. The zero-order chi connectivity index (χ0) is 51.3. The lowest BCUT2D eigenvalue weighted by atomic mass is 9.96. The highest BCUT2D eigenvalue weighted by molar-refractivity contribution is 5.99. The molecule has 1 heterocycles. The van der Waals surface area contributed by atoms with Crippen LogP contribution < -0.4 is 59.7 Å². The highest BCUT2D eigenvalue weighted by Gasteiger charge is 2.37. The summed E-state index contributed by atoms with van der Waals surface area (Å²) in [6.45, 7) is 3.49. The third-order valence-corrected chi connectivity index (χ3v) is 9.62. The van der Waals surface area contributed by atoms with Crippen LogP contribution in [0.25, 0.3) is 0 Å². The Hall–Kier alpha value is -7.31. The number of nitrogens with zero attached hydrogens (tertiary/aromatic N) is 1. The van der Waals surface area contributed by atoms with Crippen molar-refractivity contribution in [2.75, 3.05) is 13.2 Å². The normalized spacial score (nSPS) is 15.9. The number of carbonyl (C=O) groups excluding carboxylic acids is 10. The van der Waals surface area contributed by atoms with Crippen LogP contribution in [0.15, 0.2) is 12.5 Å². The Morgan fingerprint density at radius 2 is 1.12 bits per heavy atom. The Balaban J connectivity index is 3.27. The van der Waals surface area contributed by atoms with E-state index in [-0.39, 0.29) is 6.42 Å². The molecule has 0 saturated carbocycles. The summed E-state index contributed by atoms with van der Waals surface area (Å²) in [5, 5.41) is 65.8. The first-order valence-electron chi connectivity index (χ1n) is 20.3. The first-order valence-corrected chi connectivity index (χ1v) is 20.3. The fourth-order valence-electron chi connectivity index (χ4n) is 5.65. The number of aliphatic hydroxyl groups is 3. The zero-order valence-corrected chi connectivity index (χ0v) is 36.8. The van der Waals surface area contributed by atoms with Gasteiger partial charge in [0.1, 0.15) is 48.3 Å². The Kier molecular flexibility index (Phi) is 24.0. The number of aliphatic hydroxyl groups excluding tert-OH is 3. The molecule has 0 aliphatic rings. The maximum Gasteiger partial charge on any atom is 0.326 e. The molecule has 1 aromatic heterocycles. The molecule has 11 atom stereocenters. The van der Waals surface area contributed by atoms with Crippen LogP contribution in [0.4, 0.5) is 0 Å². The molecule has 0 aliphatic heterocycles. The van der Waals surface area contributed by atoms with Crippen molar-refractivity contribution >= 4 is 71.0 Å². The molecule has 0 radical (unpaired) electrons. The van der Waals surface area contributed by atoms with Crippen molar-refractivity contribution in [3.8, 4) is 0 Å². The van der Waals surface area contributed by atoms with Crippen LogP contribution in [-0.2, 0) is 64.0 Å². The van der Waals surface area contributed by atoms with Gasteiger partial charge < -0.3 is 90.3 Å². The van der Waals surface area contributed by atoms with Crippen LogP contribution in [0, 0.1) is 5.92 Å². The van der Waals surface area contributed by atoms with Crippen LogP contribution in [-0.4, -0.2) is 180 Å². The molecule has 0 fully saturated rings. The van der Waals surface area contributed by atoms with Gasteiger partial charge in [-0.05, 0) is 19.8 Å². The molecule has 1 rings (SSSR count). The van der Waals surface area contributed by atoms with Gasteiger partial charge in [0, 0.05) is 18.3 Å². The molecular formula is C37H59N13O17. The molecule has 20 N–H and O–H groups in total. The first-order chi connectivity index (χ1) is 31.2. The number of nitrogens with two attached hydrogens (primary N) is 3. The average molecular weight is 958 g/mol. The Morgan fingerprint density at radius 1 is 0.627 bits per heavy atom. The van der Waals surface area contributed by atoms with Gasteiger partial charge >= 0.3 is 11.9 Å². The summed E-state index contributed by atoms with van der Waals surface area (Å²) in [7, 11) is 0. The predicted octanol–water partition coefficient (Wildman–Crippen LogP) is -9.10. The molecule has 1 aromatic rings. The summed E-state index contributed by atoms with van der Waals surface area (Å²) in [5.41, 5.74) is 16.2. The van der Waals surface area contributed by atoms with Gasteiger partial charge in [-0.1, -0.05) is 20.3 Å². The molecule has 0 bridgehead atoms. The van der Waals surface area contributed by atoms with E-state index in [1.54, 1.807) is 13.8 Å². The van der Waals surface area contributed by atoms with E-state index in [1.165, 1.54) is 19.4 Å². The largest absolute Gasteiger partial charge is 0.481 e. The van der Waals surface area contributed by atoms with Gasteiger partial charge in [-0.15, -0.1) is 0 Å². The fourth-order valence-corrected chi connectivity index (χ4v) is 5.65. The number of hydrogen-bond acceptors (Lipinski definition) is 17. The Labute approximate surface area is 381 Å². The molecule has 67 heavy (non-hydrogen) atoms. The standard InChI is InChI=1S/C37H59N13O17/c1-5-14(2)28(49-34(63)27(40)15(3)52)35(64)46-18(6-17-10-41-13-43-17)32(61)50-29(16(4)53)36(65)47-20(9-26(57)58)31(60)45-19(7-23(38)54)30(59)42-11-25(56)44-22(12-51)33(62)48-21(37(66)67)8-24(39)55/h10,13-16,18-22,27-29,51-53H,5-9,11-12,40H2,1-4H3,(H2,38,54)(H2,39,55)(H,41,43)(H,42,59)(H,44,56)(H,45,60)(H,46,64)(H,47,65)(H,48,62)(H,49,63)(H,50,61)(H,57,58)(H,66,67). The molecule has 374 valence electrons. The second-order valence-electron chi connectivity index (χ2n) is 15.2. The minimum atomic E-state index is -2.10. The van der Waals surface area contributed by atoms with Gasteiger partial charge in [-0.2, -0.15) is 0 Å². The van der Waals surface area contributed by atoms with Crippen LogP contribution in [0.5, 0.6) is 0 Å². The molecule has 0 spiro atoms. The molecule has 30 nitrogen and oxygen atoms in total. The number of nitrogens with one attached hydrogen (secondary N) is 9. The number of aliphatic carboxylic acids is 2. The number of aromatic nitrogens is 2. The van der Waals surface area contributed by atoms with Crippen molar-refractivity contribution in [3.63, 3.8) is 0 Å². The minimum absolute atomic E-state index is 0.290. The van der Waals surface area contributed by atoms with E-state index in [4.69, 9.17) is 17.2 Å². The monoisotopic (exact) mass is 957 g/mol. The fraction of sp³-hybridized carbons (Fsp3) is 0.595. The van der Waals surface area contributed by atoms with Crippen molar-refractivity contribution < 1.29 is 83.1 Å². The van der Waals surface area contributed by atoms with E-state index >= 15 is 0 Å². The zero-order valence-electron chi connectivity index (χ0n) is 36.8. The second kappa shape index (κ2) is 27.9. The van der Waals surface area contributed by atoms with Gasteiger partial charge in [0.2, 0.25) is 59.1 Å². The molecule has 0 aliphatic carbocycles. The van der Waals surface area contributed by atoms with Gasteiger partial charge in [0.25, 0.3) is 0 Å². The Bertz CT molecular complexity index is 1950. The highest BCUT2D eigenvalue weighted by Crippen LogP contribution is 2.11. The van der Waals surface area contributed by atoms with Crippen molar-refractivity contribution in [3.05, 3.63) is 18.2 Å². The topological polar surface area (TPSA) is 509 Å². The summed E-state index contributed by atoms with van der Waals surface area (Å²) >= 11 is 0. The smallest absolute Gasteiger partial charge is 0.326 e. The number of H-pyrrole nitrogens is 1. The molecular weight excluding hydrogens is 898 g/mol. The van der Waals surface area contributed by atoms with E-state index in [9.17, 15) is 83.1 Å². The number of carbonyl (C=O) groups is 12. The summed E-state index contributed by atoms with van der Waals surface area (Å²) in [4.78, 5) is 158. The lowest BCUT2D eigenvalue weighted by Gasteiger charge is -2.29. The number of primary amides is 2. The van der Waals surface area contributed by atoms with Crippen molar-refractivity contribution in [1.82, 2.24) is 52.5 Å². The van der Waals surface area contributed by atoms with E-state index in [0.29, 0.717) is 12.1 Å². The molecule has 0 saturated heterocycles. The summed E-state index contributed by atoms with van der Waals surface area (Å²) < 4.78 is 0. The number of carboxylic acid groups (broad SMARTS) is 2. The predicted molar refractivity (Wildman–Crippen MR) is 224 cm³/mol. The van der Waals surface area contributed by atoms with E-state index in [2.05, 4.69) is 25.9 Å². The van der Waals surface area contributed by atoms with E-state index in [0.717, 1.165) is 6.92 Å². The van der Waals surface area contributed by atoms with Crippen molar-refractivity contribution in [2.24, 2.45) is 23.1 Å². The minimum Gasteiger partial charge on any atom is -0.481 e. The number of rotatable bonds is 30. The molecule has 0 aromatic carbocycles. The maximum atomic E-state index is 13.8. The lowest BCUT2D eigenvalue weighted by Crippen LogP contribution is -2.62. The molecule has 10 amide bonds. The quantitative estimate of drug-likeness (QED) is 0.0340. The third-order valence-electron chi connectivity index (χ3n) is 9.62. The van der Waals surface area contributed by atoms with Crippen LogP contribution >= 0.6 is 0 Å². The third kappa shape index (κ3) is 20.2. The van der Waals surface area contributed by atoms with Crippen LogP contribution in [0.1, 0.15) is 59.1 Å². The molecule has 11 unspecified atom stereocenters. The summed E-state index contributed by atoms with van der Waals surface area (Å²) in [6.07, 6.45) is -3.48. The average Bonchev–Trinajstić information content (AvgIpc) is 3.76. The van der Waals surface area contributed by atoms with Crippen LogP contribution in [0.2, 0.25) is 0 Å². The summed E-state index contributed by atoms with van der Waals surface area (Å²) in [5.74, 6) is -15.7. The highest BCUT2D eigenvalue weighted by atomic mass is 16.4. The second-order valence-corrected chi connectivity index (χ2v) is 15.2. The number of imidazole rings is 1. The van der Waals surface area contributed by atoms with Crippen LogP contribution in [0.3, 0.4) is 0 Å². The maximum absolute atomic E-state index is 13.8. The van der Waals surface area contributed by atoms with E-state index < -0.39 is 170 Å². The van der Waals surface area contributed by atoms with Crippen molar-refractivity contribution in [1.29, 1.82) is 0 Å². The van der Waals surface area contributed by atoms with Gasteiger partial charge in [-0.25, -0.2) is 9.78 Å². The van der Waals surface area contributed by atoms with Gasteiger partial charge in [0.05, 0.1) is 50.9 Å². The lowest BCUT2D eigenvalue weighted by molar-refractivity contribution is -0.144.